The fourth-order valence-corrected chi connectivity index (χ4v) is 4.35. The highest BCUT2D eigenvalue weighted by Gasteiger charge is 2.32. The highest BCUT2D eigenvalue weighted by molar-refractivity contribution is 5.84. The van der Waals surface area contributed by atoms with Crippen LogP contribution >= 0.6 is 0 Å². The summed E-state index contributed by atoms with van der Waals surface area (Å²) in [5.41, 5.74) is 4.36. The van der Waals surface area contributed by atoms with Crippen LogP contribution in [0.3, 0.4) is 0 Å². The summed E-state index contributed by atoms with van der Waals surface area (Å²) < 4.78 is 5.75. The summed E-state index contributed by atoms with van der Waals surface area (Å²) in [5, 5.41) is 3.46. The van der Waals surface area contributed by atoms with Gasteiger partial charge in [0.05, 0.1) is 24.3 Å². The summed E-state index contributed by atoms with van der Waals surface area (Å²) in [7, 11) is 0. The first-order valence-corrected chi connectivity index (χ1v) is 11.2. The Morgan fingerprint density at radius 3 is 2.55 bits per heavy atom. The van der Waals surface area contributed by atoms with Crippen molar-refractivity contribution in [1.82, 2.24) is 20.2 Å². The SMILES string of the molecule is Cc1ccc(C(CNC(C)C)C(=O)N2CCN(c3ncnc4c3[C@H](C)OC4)CC2)cc1. The van der Waals surface area contributed by atoms with Crippen LogP contribution in [0, 0.1) is 6.92 Å². The van der Waals surface area contributed by atoms with E-state index in [0.717, 1.165) is 35.7 Å². The van der Waals surface area contributed by atoms with Gasteiger partial charge >= 0.3 is 0 Å². The average Bonchev–Trinajstić information content (AvgIpc) is 3.16. The van der Waals surface area contributed by atoms with Gasteiger partial charge in [0, 0.05) is 44.3 Å². The van der Waals surface area contributed by atoms with Gasteiger partial charge in [-0.3, -0.25) is 4.79 Å². The van der Waals surface area contributed by atoms with E-state index in [1.807, 2.05) is 11.8 Å². The molecule has 1 fully saturated rings. The molecule has 1 N–H and O–H groups in total. The Labute approximate surface area is 184 Å². The van der Waals surface area contributed by atoms with E-state index in [2.05, 4.69) is 65.2 Å². The summed E-state index contributed by atoms with van der Waals surface area (Å²) in [6, 6.07) is 8.68. The van der Waals surface area contributed by atoms with Crippen molar-refractivity contribution >= 4 is 11.7 Å². The van der Waals surface area contributed by atoms with Crippen LogP contribution in [-0.4, -0.2) is 59.5 Å². The Balaban J connectivity index is 1.46. The fourth-order valence-electron chi connectivity index (χ4n) is 4.35. The second kappa shape index (κ2) is 9.32. The molecule has 1 aromatic carbocycles. The molecule has 1 saturated heterocycles. The third-order valence-corrected chi connectivity index (χ3v) is 6.22. The van der Waals surface area contributed by atoms with Gasteiger partial charge in [0.15, 0.2) is 0 Å². The zero-order valence-electron chi connectivity index (χ0n) is 19.0. The van der Waals surface area contributed by atoms with Gasteiger partial charge in [0.25, 0.3) is 0 Å². The van der Waals surface area contributed by atoms with Crippen molar-refractivity contribution in [3.05, 3.63) is 53.0 Å². The van der Waals surface area contributed by atoms with Crippen molar-refractivity contribution in [1.29, 1.82) is 0 Å². The number of fused-ring (bicyclic) bond motifs is 1. The topological polar surface area (TPSA) is 70.6 Å². The number of hydrogen-bond acceptors (Lipinski definition) is 6. The number of aryl methyl sites for hydroxylation is 1. The van der Waals surface area contributed by atoms with E-state index in [1.165, 1.54) is 5.56 Å². The van der Waals surface area contributed by atoms with Crippen molar-refractivity contribution in [2.45, 2.75) is 52.4 Å². The normalized spacial score (nSPS) is 19.6. The smallest absolute Gasteiger partial charge is 0.231 e. The number of carbonyl (C=O) groups excluding carboxylic acids is 1. The molecule has 0 bridgehead atoms. The molecule has 4 rings (SSSR count). The molecule has 2 aliphatic rings. The molecule has 7 heteroatoms. The Hall–Kier alpha value is -2.51. The van der Waals surface area contributed by atoms with Gasteiger partial charge in [0.2, 0.25) is 5.91 Å². The van der Waals surface area contributed by atoms with Crippen LogP contribution in [0.25, 0.3) is 0 Å². The van der Waals surface area contributed by atoms with Gasteiger partial charge in [0.1, 0.15) is 12.1 Å². The molecule has 0 saturated carbocycles. The summed E-state index contributed by atoms with van der Waals surface area (Å²) in [6.07, 6.45) is 1.64. The van der Waals surface area contributed by atoms with E-state index in [0.29, 0.717) is 32.3 Å². The number of benzene rings is 1. The summed E-state index contributed by atoms with van der Waals surface area (Å²) in [5.74, 6) is 0.978. The van der Waals surface area contributed by atoms with Gasteiger partial charge in [-0.25, -0.2) is 9.97 Å². The molecule has 1 aromatic heterocycles. The minimum Gasteiger partial charge on any atom is -0.367 e. The quantitative estimate of drug-likeness (QED) is 0.771. The molecule has 31 heavy (non-hydrogen) atoms. The molecule has 166 valence electrons. The van der Waals surface area contributed by atoms with Crippen molar-refractivity contribution in [2.75, 3.05) is 37.6 Å². The lowest BCUT2D eigenvalue weighted by Crippen LogP contribution is -2.51. The standard InChI is InChI=1S/C24H33N5O2/c1-16(2)25-13-20(19-7-5-17(3)6-8-19)24(30)29-11-9-28(10-12-29)23-22-18(4)31-14-21(22)26-15-27-23/h5-8,15-16,18,20,25H,9-14H2,1-4H3/t18-,20?/m0/s1. The van der Waals surface area contributed by atoms with E-state index in [1.54, 1.807) is 6.33 Å². The average molecular weight is 424 g/mol. The third kappa shape index (κ3) is 4.72. The zero-order valence-corrected chi connectivity index (χ0v) is 19.0. The third-order valence-electron chi connectivity index (χ3n) is 6.22. The van der Waals surface area contributed by atoms with Crippen LogP contribution in [0.1, 0.15) is 55.2 Å². The number of anilines is 1. The van der Waals surface area contributed by atoms with Gasteiger partial charge in [-0.2, -0.15) is 0 Å². The number of aromatic nitrogens is 2. The Morgan fingerprint density at radius 2 is 1.87 bits per heavy atom. The van der Waals surface area contributed by atoms with Crippen LogP contribution in [0.5, 0.6) is 0 Å². The largest absolute Gasteiger partial charge is 0.367 e. The van der Waals surface area contributed by atoms with Crippen LogP contribution in [0.2, 0.25) is 0 Å². The summed E-state index contributed by atoms with van der Waals surface area (Å²) in [4.78, 5) is 26.7. The van der Waals surface area contributed by atoms with Crippen molar-refractivity contribution in [3.8, 4) is 0 Å². The minimum atomic E-state index is -0.175. The predicted molar refractivity (Wildman–Crippen MR) is 121 cm³/mol. The molecule has 0 aliphatic carbocycles. The highest BCUT2D eigenvalue weighted by atomic mass is 16.5. The number of ether oxygens (including phenoxy) is 1. The van der Waals surface area contributed by atoms with Crippen molar-refractivity contribution in [3.63, 3.8) is 0 Å². The lowest BCUT2D eigenvalue weighted by atomic mass is 9.95. The first-order valence-electron chi connectivity index (χ1n) is 11.2. The molecular weight excluding hydrogens is 390 g/mol. The lowest BCUT2D eigenvalue weighted by molar-refractivity contribution is -0.133. The van der Waals surface area contributed by atoms with Gasteiger partial charge < -0.3 is 19.9 Å². The maximum atomic E-state index is 13.5. The predicted octanol–water partition coefficient (Wildman–Crippen LogP) is 2.81. The molecule has 3 heterocycles. The Kier molecular flexibility index (Phi) is 6.53. The van der Waals surface area contributed by atoms with E-state index in [4.69, 9.17) is 4.74 Å². The first-order chi connectivity index (χ1) is 14.9. The first kappa shape index (κ1) is 21.7. The molecule has 0 radical (unpaired) electrons. The lowest BCUT2D eigenvalue weighted by Gasteiger charge is -2.38. The molecule has 7 nitrogen and oxygen atoms in total. The van der Waals surface area contributed by atoms with E-state index in [9.17, 15) is 4.79 Å². The fraction of sp³-hybridized carbons (Fsp3) is 0.542. The number of piperazine rings is 1. The van der Waals surface area contributed by atoms with E-state index < -0.39 is 0 Å². The van der Waals surface area contributed by atoms with Crippen LogP contribution < -0.4 is 10.2 Å². The van der Waals surface area contributed by atoms with Crippen LogP contribution in [0.4, 0.5) is 5.82 Å². The van der Waals surface area contributed by atoms with Crippen molar-refractivity contribution in [2.24, 2.45) is 0 Å². The molecule has 2 aliphatic heterocycles. The molecule has 1 unspecified atom stereocenters. The number of hydrogen-bond donors (Lipinski definition) is 1. The van der Waals surface area contributed by atoms with Crippen LogP contribution in [-0.2, 0) is 16.1 Å². The molecule has 2 atom stereocenters. The highest BCUT2D eigenvalue weighted by Crippen LogP contribution is 2.35. The number of nitrogens with zero attached hydrogens (tertiary/aromatic N) is 4. The molecule has 0 spiro atoms. The number of amides is 1. The van der Waals surface area contributed by atoms with Crippen molar-refractivity contribution < 1.29 is 9.53 Å². The monoisotopic (exact) mass is 423 g/mol. The summed E-state index contributed by atoms with van der Waals surface area (Å²) >= 11 is 0. The molecule has 2 aromatic rings. The minimum absolute atomic E-state index is 0.0129. The Bertz CT molecular complexity index is 907. The zero-order chi connectivity index (χ0) is 22.0. The Morgan fingerprint density at radius 1 is 1.16 bits per heavy atom. The molecule has 1 amide bonds. The number of carbonyl (C=O) groups is 1. The molecular formula is C24H33N5O2. The maximum Gasteiger partial charge on any atom is 0.231 e. The number of nitrogens with one attached hydrogen (secondary N) is 1. The van der Waals surface area contributed by atoms with Crippen LogP contribution in [0.15, 0.2) is 30.6 Å². The van der Waals surface area contributed by atoms with Gasteiger partial charge in [-0.15, -0.1) is 0 Å². The summed E-state index contributed by atoms with van der Waals surface area (Å²) in [6.45, 7) is 12.4. The van der Waals surface area contributed by atoms with E-state index in [-0.39, 0.29) is 17.9 Å². The second-order valence-corrected chi connectivity index (χ2v) is 8.85. The van der Waals surface area contributed by atoms with Gasteiger partial charge in [-0.1, -0.05) is 43.7 Å². The number of rotatable bonds is 6. The second-order valence-electron chi connectivity index (χ2n) is 8.85. The van der Waals surface area contributed by atoms with Gasteiger partial charge in [-0.05, 0) is 19.4 Å². The maximum absolute atomic E-state index is 13.5. The van der Waals surface area contributed by atoms with E-state index >= 15 is 0 Å².